The number of carbonyl (C=O) groups excluding carboxylic acids is 1. The molecule has 0 aliphatic carbocycles. The van der Waals surface area contributed by atoms with Crippen molar-refractivity contribution in [3.63, 3.8) is 0 Å². The number of carbonyl (C=O) groups is 1. The van der Waals surface area contributed by atoms with Crippen LogP contribution in [0.15, 0.2) is 41.9 Å². The maximum absolute atomic E-state index is 12.4. The Morgan fingerprint density at radius 3 is 2.77 bits per heavy atom. The van der Waals surface area contributed by atoms with Crippen molar-refractivity contribution in [2.75, 3.05) is 19.8 Å². The van der Waals surface area contributed by atoms with Crippen LogP contribution in [0, 0.1) is 5.92 Å². The van der Waals surface area contributed by atoms with E-state index in [0.717, 1.165) is 60.1 Å². The van der Waals surface area contributed by atoms with E-state index in [1.165, 1.54) is 0 Å². The lowest BCUT2D eigenvalue weighted by Gasteiger charge is -2.22. The third-order valence-electron chi connectivity index (χ3n) is 5.38. The van der Waals surface area contributed by atoms with Gasteiger partial charge in [-0.25, -0.2) is 4.98 Å². The first-order valence-corrected chi connectivity index (χ1v) is 11.4. The van der Waals surface area contributed by atoms with E-state index in [9.17, 15) is 4.79 Å². The summed E-state index contributed by atoms with van der Waals surface area (Å²) in [7, 11) is 0. The molecule has 0 saturated carbocycles. The average Bonchev–Trinajstić information content (AvgIpc) is 3.40. The molecule has 1 aromatic carbocycles. The van der Waals surface area contributed by atoms with Gasteiger partial charge in [-0.3, -0.25) is 9.48 Å². The van der Waals surface area contributed by atoms with Crippen LogP contribution in [-0.2, 0) is 16.0 Å². The van der Waals surface area contributed by atoms with Gasteiger partial charge < -0.3 is 10.1 Å². The van der Waals surface area contributed by atoms with Gasteiger partial charge in [-0.05, 0) is 32.6 Å². The van der Waals surface area contributed by atoms with Crippen LogP contribution < -0.4 is 5.32 Å². The second kappa shape index (κ2) is 9.53. The van der Waals surface area contributed by atoms with Gasteiger partial charge in [-0.2, -0.15) is 5.10 Å². The lowest BCUT2D eigenvalue weighted by molar-refractivity contribution is -0.120. The Kier molecular flexibility index (Phi) is 6.59. The molecule has 1 saturated heterocycles. The third kappa shape index (κ3) is 4.79. The highest BCUT2D eigenvalue weighted by molar-refractivity contribution is 7.13. The fourth-order valence-electron chi connectivity index (χ4n) is 3.74. The average molecular weight is 425 g/mol. The first-order chi connectivity index (χ1) is 14.6. The maximum Gasteiger partial charge on any atom is 0.226 e. The topological polar surface area (TPSA) is 69.0 Å². The number of amides is 1. The number of aromatic nitrogens is 3. The quantitative estimate of drug-likeness (QED) is 0.613. The minimum absolute atomic E-state index is 0.0273. The summed E-state index contributed by atoms with van der Waals surface area (Å²) >= 11 is 1.56. The maximum atomic E-state index is 12.4. The predicted octanol–water partition coefficient (Wildman–Crippen LogP) is 4.34. The van der Waals surface area contributed by atoms with E-state index in [4.69, 9.17) is 9.72 Å². The van der Waals surface area contributed by atoms with Crippen molar-refractivity contribution in [1.29, 1.82) is 0 Å². The molecule has 158 valence electrons. The summed E-state index contributed by atoms with van der Waals surface area (Å²) in [6.07, 6.45) is 4.22. The second-order valence-electron chi connectivity index (χ2n) is 7.99. The number of nitrogens with zero attached hydrogens (tertiary/aromatic N) is 3. The van der Waals surface area contributed by atoms with Crippen LogP contribution in [0.5, 0.6) is 0 Å². The fourth-order valence-corrected chi connectivity index (χ4v) is 4.57. The Labute approximate surface area is 181 Å². The SMILES string of the molecule is CC(C)n1ncc(-c2nc(CC(=O)NCC3CCOCC3)cs2)c1-c1ccccc1. The highest BCUT2D eigenvalue weighted by Crippen LogP contribution is 2.35. The molecule has 2 aromatic heterocycles. The van der Waals surface area contributed by atoms with E-state index in [1.54, 1.807) is 11.3 Å². The Balaban J connectivity index is 1.48. The summed E-state index contributed by atoms with van der Waals surface area (Å²) in [5.41, 5.74) is 3.99. The first-order valence-electron chi connectivity index (χ1n) is 10.5. The molecule has 0 bridgehead atoms. The molecule has 1 fully saturated rings. The molecular weight excluding hydrogens is 396 g/mol. The second-order valence-corrected chi connectivity index (χ2v) is 8.85. The minimum atomic E-state index is 0.0273. The van der Waals surface area contributed by atoms with Crippen LogP contribution in [0.25, 0.3) is 21.8 Å². The predicted molar refractivity (Wildman–Crippen MR) is 119 cm³/mol. The van der Waals surface area contributed by atoms with E-state index in [1.807, 2.05) is 34.5 Å². The highest BCUT2D eigenvalue weighted by Gasteiger charge is 2.20. The van der Waals surface area contributed by atoms with Gasteiger partial charge in [-0.1, -0.05) is 30.3 Å². The van der Waals surface area contributed by atoms with Crippen molar-refractivity contribution < 1.29 is 9.53 Å². The van der Waals surface area contributed by atoms with Gasteiger partial charge in [0.1, 0.15) is 5.01 Å². The molecule has 6 nitrogen and oxygen atoms in total. The zero-order valence-electron chi connectivity index (χ0n) is 17.5. The number of benzene rings is 1. The zero-order valence-corrected chi connectivity index (χ0v) is 18.3. The molecule has 0 atom stereocenters. The van der Waals surface area contributed by atoms with Gasteiger partial charge >= 0.3 is 0 Å². The van der Waals surface area contributed by atoms with Crippen LogP contribution in [0.4, 0.5) is 0 Å². The standard InChI is InChI=1S/C23H28N4O2S/c1-16(2)27-22(18-6-4-3-5-7-18)20(14-25-27)23-26-19(15-30-23)12-21(28)24-13-17-8-10-29-11-9-17/h3-7,14-17H,8-13H2,1-2H3,(H,24,28). The van der Waals surface area contributed by atoms with Crippen LogP contribution in [0.2, 0.25) is 0 Å². The molecular formula is C23H28N4O2S. The van der Waals surface area contributed by atoms with Gasteiger partial charge in [0.2, 0.25) is 5.91 Å². The van der Waals surface area contributed by atoms with E-state index in [0.29, 0.717) is 12.3 Å². The summed E-state index contributed by atoms with van der Waals surface area (Å²) in [6.45, 7) is 6.56. The molecule has 1 amide bonds. The molecule has 4 rings (SSSR count). The van der Waals surface area contributed by atoms with Crippen molar-refractivity contribution in [1.82, 2.24) is 20.1 Å². The smallest absolute Gasteiger partial charge is 0.226 e. The van der Waals surface area contributed by atoms with Gasteiger partial charge in [0.05, 0.1) is 29.6 Å². The van der Waals surface area contributed by atoms with Gasteiger partial charge in [-0.15, -0.1) is 11.3 Å². The summed E-state index contributed by atoms with van der Waals surface area (Å²) in [4.78, 5) is 17.1. The monoisotopic (exact) mass is 424 g/mol. The highest BCUT2D eigenvalue weighted by atomic mass is 32.1. The summed E-state index contributed by atoms with van der Waals surface area (Å²) < 4.78 is 7.41. The largest absolute Gasteiger partial charge is 0.381 e. The van der Waals surface area contributed by atoms with Crippen LogP contribution in [0.1, 0.15) is 38.4 Å². The Morgan fingerprint density at radius 2 is 2.03 bits per heavy atom. The zero-order chi connectivity index (χ0) is 20.9. The van der Waals surface area contributed by atoms with Crippen molar-refractivity contribution in [2.24, 2.45) is 5.92 Å². The molecule has 7 heteroatoms. The Bertz CT molecular complexity index is 974. The number of hydrogen-bond acceptors (Lipinski definition) is 5. The molecule has 3 aromatic rings. The molecule has 3 heterocycles. The van der Waals surface area contributed by atoms with Crippen LogP contribution in [0.3, 0.4) is 0 Å². The summed E-state index contributed by atoms with van der Waals surface area (Å²) in [5.74, 6) is 0.545. The number of ether oxygens (including phenoxy) is 1. The molecule has 1 N–H and O–H groups in total. The molecule has 1 aliphatic rings. The number of thiazole rings is 1. The molecule has 30 heavy (non-hydrogen) atoms. The molecule has 0 unspecified atom stereocenters. The lowest BCUT2D eigenvalue weighted by atomic mass is 10.0. The first kappa shape index (κ1) is 20.8. The molecule has 0 spiro atoms. The van der Waals surface area contributed by atoms with Gasteiger partial charge in [0, 0.05) is 36.7 Å². The molecule has 1 aliphatic heterocycles. The van der Waals surface area contributed by atoms with Crippen molar-refractivity contribution in [3.05, 3.63) is 47.6 Å². The Hall–Kier alpha value is -2.51. The summed E-state index contributed by atoms with van der Waals surface area (Å²) in [6, 6.07) is 10.5. The lowest BCUT2D eigenvalue weighted by Crippen LogP contribution is -2.33. The number of hydrogen-bond donors (Lipinski definition) is 1. The third-order valence-corrected chi connectivity index (χ3v) is 6.31. The Morgan fingerprint density at radius 1 is 1.27 bits per heavy atom. The van der Waals surface area contributed by atoms with Gasteiger partial charge in [0.25, 0.3) is 0 Å². The fraction of sp³-hybridized carbons (Fsp3) is 0.435. The van der Waals surface area contributed by atoms with E-state index >= 15 is 0 Å². The van der Waals surface area contributed by atoms with Crippen molar-refractivity contribution >= 4 is 17.2 Å². The van der Waals surface area contributed by atoms with Crippen molar-refractivity contribution in [3.8, 4) is 21.8 Å². The van der Waals surface area contributed by atoms with Crippen molar-refractivity contribution in [2.45, 2.75) is 39.2 Å². The minimum Gasteiger partial charge on any atom is -0.381 e. The number of rotatable bonds is 7. The van der Waals surface area contributed by atoms with Crippen LogP contribution in [-0.4, -0.2) is 40.4 Å². The number of nitrogens with one attached hydrogen (secondary N) is 1. The molecule has 0 radical (unpaired) electrons. The van der Waals surface area contributed by atoms with E-state index in [2.05, 4.69) is 36.4 Å². The summed E-state index contributed by atoms with van der Waals surface area (Å²) in [5, 5.41) is 10.5. The van der Waals surface area contributed by atoms with Gasteiger partial charge in [0.15, 0.2) is 0 Å². The van der Waals surface area contributed by atoms with Crippen LogP contribution >= 0.6 is 11.3 Å². The van der Waals surface area contributed by atoms with E-state index < -0.39 is 0 Å². The normalized spacial score (nSPS) is 14.9. The van der Waals surface area contributed by atoms with E-state index in [-0.39, 0.29) is 11.9 Å².